The number of H-pyrrole nitrogens is 1. The van der Waals surface area contributed by atoms with Crippen molar-refractivity contribution in [2.75, 3.05) is 0 Å². The number of nitrogens with zero attached hydrogens (tertiary/aromatic N) is 1. The molecule has 0 bridgehead atoms. The lowest BCUT2D eigenvalue weighted by Crippen LogP contribution is -1.90. The Bertz CT molecular complexity index is 2320. The molecular weight excluding hydrogens is 488 g/mol. The monoisotopic (exact) mass is 512 g/mol. The van der Waals surface area contributed by atoms with Crippen LogP contribution in [0.15, 0.2) is 114 Å². The molecule has 3 heterocycles. The van der Waals surface area contributed by atoms with Crippen molar-refractivity contribution in [3.05, 3.63) is 121 Å². The number of fused-ring (bicyclic) bond motifs is 9. The van der Waals surface area contributed by atoms with Crippen molar-refractivity contribution < 1.29 is 4.42 Å². The minimum atomic E-state index is 0.959. The zero-order valence-corrected chi connectivity index (χ0v) is 21.7. The third kappa shape index (κ3) is 3.03. The van der Waals surface area contributed by atoms with Crippen LogP contribution in [-0.2, 0) is 6.42 Å². The summed E-state index contributed by atoms with van der Waals surface area (Å²) in [7, 11) is 0. The largest absolute Gasteiger partial charge is 0.460 e. The fraction of sp³-hybridized carbons (Fsp3) is 0.0541. The van der Waals surface area contributed by atoms with Gasteiger partial charge in [0.05, 0.1) is 16.6 Å². The Balaban J connectivity index is 1.32. The van der Waals surface area contributed by atoms with Gasteiger partial charge < -0.3 is 9.40 Å². The number of para-hydroxylation sites is 1. The van der Waals surface area contributed by atoms with Gasteiger partial charge >= 0.3 is 0 Å². The average molecular weight is 513 g/mol. The van der Waals surface area contributed by atoms with Crippen LogP contribution >= 0.6 is 0 Å². The topological polar surface area (TPSA) is 41.8 Å². The number of aromatic amines is 1. The van der Waals surface area contributed by atoms with Crippen molar-refractivity contribution in [2.24, 2.45) is 0 Å². The first-order valence-electron chi connectivity index (χ1n) is 13.9. The van der Waals surface area contributed by atoms with Gasteiger partial charge in [-0.25, -0.2) is 4.98 Å². The SMILES string of the molecule is C1=Cc2c(oc3cccc(-c4ccc5[nH]c6c(ccc7c(-c8ccccc8)c8ccccc8nc76)c5c4)c23)CC1. The second-order valence-corrected chi connectivity index (χ2v) is 10.7. The second kappa shape index (κ2) is 8.17. The molecule has 0 spiro atoms. The Hall–Kier alpha value is -5.15. The number of aryl methyl sites for hydroxylation is 1. The van der Waals surface area contributed by atoms with E-state index in [0.29, 0.717) is 0 Å². The summed E-state index contributed by atoms with van der Waals surface area (Å²) in [6.07, 6.45) is 6.47. The molecule has 3 nitrogen and oxygen atoms in total. The predicted molar refractivity (Wildman–Crippen MR) is 167 cm³/mol. The van der Waals surface area contributed by atoms with E-state index in [1.54, 1.807) is 0 Å². The van der Waals surface area contributed by atoms with Crippen LogP contribution in [-0.4, -0.2) is 9.97 Å². The summed E-state index contributed by atoms with van der Waals surface area (Å²) in [5.41, 5.74) is 11.2. The van der Waals surface area contributed by atoms with E-state index >= 15 is 0 Å². The highest BCUT2D eigenvalue weighted by Gasteiger charge is 2.19. The van der Waals surface area contributed by atoms with Crippen molar-refractivity contribution >= 4 is 60.7 Å². The zero-order valence-electron chi connectivity index (χ0n) is 21.7. The summed E-state index contributed by atoms with van der Waals surface area (Å²) < 4.78 is 6.26. The van der Waals surface area contributed by atoms with E-state index in [9.17, 15) is 0 Å². The van der Waals surface area contributed by atoms with Crippen LogP contribution in [0.3, 0.4) is 0 Å². The van der Waals surface area contributed by atoms with Crippen molar-refractivity contribution in [2.45, 2.75) is 12.8 Å². The maximum Gasteiger partial charge on any atom is 0.135 e. The lowest BCUT2D eigenvalue weighted by atomic mass is 9.94. The summed E-state index contributed by atoms with van der Waals surface area (Å²) in [6, 6.07) is 36.8. The third-order valence-corrected chi connectivity index (χ3v) is 8.45. The molecule has 188 valence electrons. The van der Waals surface area contributed by atoms with Crippen LogP contribution in [0.4, 0.5) is 0 Å². The predicted octanol–water partition coefficient (Wildman–Crippen LogP) is 10.1. The third-order valence-electron chi connectivity index (χ3n) is 8.45. The molecule has 40 heavy (non-hydrogen) atoms. The van der Waals surface area contributed by atoms with E-state index in [1.807, 2.05) is 0 Å². The molecule has 5 aromatic carbocycles. The molecule has 1 aliphatic rings. The lowest BCUT2D eigenvalue weighted by Gasteiger charge is -2.12. The molecule has 0 unspecified atom stereocenters. The fourth-order valence-corrected chi connectivity index (χ4v) is 6.64. The number of furan rings is 1. The number of allylic oxidation sites excluding steroid dienone is 1. The Morgan fingerprint density at radius 3 is 2.52 bits per heavy atom. The zero-order chi connectivity index (χ0) is 26.2. The molecular formula is C37H24N2O. The molecule has 8 aromatic rings. The van der Waals surface area contributed by atoms with E-state index in [2.05, 4.69) is 120 Å². The quantitative estimate of drug-likeness (QED) is 0.234. The molecule has 9 rings (SSSR count). The summed E-state index contributed by atoms with van der Waals surface area (Å²) in [5, 5.41) is 5.93. The lowest BCUT2D eigenvalue weighted by molar-refractivity contribution is 0.546. The number of benzene rings is 5. The standard InChI is InChI=1S/C37H24N2O/c1-2-9-22(10-3-1)34-26-11-4-6-14-30(26)38-37-28(34)19-18-25-29-21-23(17-20-31(29)39-36(25)37)24-13-8-16-33-35(24)27-12-5-7-15-32(27)40-33/h1-6,8-14,16-21,39H,7,15H2. The van der Waals surface area contributed by atoms with E-state index in [1.165, 1.54) is 49.4 Å². The van der Waals surface area contributed by atoms with Crippen molar-refractivity contribution in [1.82, 2.24) is 9.97 Å². The van der Waals surface area contributed by atoms with E-state index in [-0.39, 0.29) is 0 Å². The summed E-state index contributed by atoms with van der Waals surface area (Å²) in [5.74, 6) is 1.09. The van der Waals surface area contributed by atoms with Crippen LogP contribution in [0.1, 0.15) is 17.7 Å². The Morgan fingerprint density at radius 1 is 0.700 bits per heavy atom. The first kappa shape index (κ1) is 21.7. The smallest absolute Gasteiger partial charge is 0.135 e. The number of nitrogens with one attached hydrogen (secondary N) is 1. The minimum absolute atomic E-state index is 0.959. The second-order valence-electron chi connectivity index (χ2n) is 10.7. The van der Waals surface area contributed by atoms with Crippen molar-refractivity contribution in [3.63, 3.8) is 0 Å². The molecule has 0 aliphatic heterocycles. The number of rotatable bonds is 2. The molecule has 0 fully saturated rings. The molecule has 3 heteroatoms. The summed E-state index contributed by atoms with van der Waals surface area (Å²) in [6.45, 7) is 0. The highest BCUT2D eigenvalue weighted by Crippen LogP contribution is 2.42. The van der Waals surface area contributed by atoms with Crippen LogP contribution in [0.2, 0.25) is 0 Å². The van der Waals surface area contributed by atoms with Crippen LogP contribution in [0.5, 0.6) is 0 Å². The number of aromatic nitrogens is 2. The number of hydrogen-bond acceptors (Lipinski definition) is 2. The average Bonchev–Trinajstić information content (AvgIpc) is 3.58. The van der Waals surface area contributed by atoms with Crippen LogP contribution in [0, 0.1) is 0 Å². The first-order valence-corrected chi connectivity index (χ1v) is 13.9. The van der Waals surface area contributed by atoms with Gasteiger partial charge in [-0.1, -0.05) is 91.0 Å². The van der Waals surface area contributed by atoms with Gasteiger partial charge in [-0.2, -0.15) is 0 Å². The normalized spacial score (nSPS) is 13.2. The van der Waals surface area contributed by atoms with Gasteiger partial charge in [0, 0.05) is 50.0 Å². The molecule has 3 aromatic heterocycles. The Morgan fingerprint density at radius 2 is 1.57 bits per heavy atom. The molecule has 0 saturated carbocycles. The highest BCUT2D eigenvalue weighted by atomic mass is 16.3. The van der Waals surface area contributed by atoms with Crippen LogP contribution < -0.4 is 0 Å². The molecule has 0 saturated heterocycles. The maximum atomic E-state index is 6.26. The molecule has 0 atom stereocenters. The first-order chi connectivity index (χ1) is 19.8. The summed E-state index contributed by atoms with van der Waals surface area (Å²) >= 11 is 0. The van der Waals surface area contributed by atoms with Gasteiger partial charge in [-0.3, -0.25) is 0 Å². The summed E-state index contributed by atoms with van der Waals surface area (Å²) in [4.78, 5) is 8.93. The van der Waals surface area contributed by atoms with Crippen molar-refractivity contribution in [1.29, 1.82) is 0 Å². The van der Waals surface area contributed by atoms with Gasteiger partial charge in [-0.05, 0) is 47.4 Å². The fourth-order valence-electron chi connectivity index (χ4n) is 6.64. The van der Waals surface area contributed by atoms with Crippen LogP contribution in [0.25, 0.3) is 82.9 Å². The highest BCUT2D eigenvalue weighted by molar-refractivity contribution is 6.21. The van der Waals surface area contributed by atoms with E-state index in [0.717, 1.165) is 51.6 Å². The van der Waals surface area contributed by atoms with Gasteiger partial charge in [0.2, 0.25) is 0 Å². The maximum absolute atomic E-state index is 6.26. The molecule has 0 amide bonds. The van der Waals surface area contributed by atoms with E-state index in [4.69, 9.17) is 9.40 Å². The Kier molecular flexibility index (Phi) is 4.44. The van der Waals surface area contributed by atoms with Gasteiger partial charge in [0.15, 0.2) is 0 Å². The van der Waals surface area contributed by atoms with Crippen molar-refractivity contribution in [3.8, 4) is 22.3 Å². The molecule has 1 aliphatic carbocycles. The van der Waals surface area contributed by atoms with E-state index < -0.39 is 0 Å². The number of hydrogen-bond donors (Lipinski definition) is 1. The van der Waals surface area contributed by atoms with Gasteiger partial charge in [-0.15, -0.1) is 0 Å². The molecule has 1 N–H and O–H groups in total. The minimum Gasteiger partial charge on any atom is -0.460 e. The van der Waals surface area contributed by atoms with Gasteiger partial charge in [0.25, 0.3) is 0 Å². The Labute approximate surface area is 230 Å². The van der Waals surface area contributed by atoms with Gasteiger partial charge in [0.1, 0.15) is 11.3 Å². The molecule has 0 radical (unpaired) electrons. The number of pyridine rings is 1.